The summed E-state index contributed by atoms with van der Waals surface area (Å²) in [5.41, 5.74) is 0.147. The molecule has 1 atom stereocenters. The molecule has 31 heavy (non-hydrogen) atoms. The van der Waals surface area contributed by atoms with Crippen LogP contribution in [0, 0.1) is 5.41 Å². The van der Waals surface area contributed by atoms with Gasteiger partial charge in [-0.3, -0.25) is 0 Å². The van der Waals surface area contributed by atoms with E-state index in [4.69, 9.17) is 4.74 Å². The zero-order chi connectivity index (χ0) is 22.1. The lowest BCUT2D eigenvalue weighted by Crippen LogP contribution is -2.35. The van der Waals surface area contributed by atoms with Crippen LogP contribution >= 0.6 is 0 Å². The third-order valence-corrected chi connectivity index (χ3v) is 8.41. The van der Waals surface area contributed by atoms with E-state index in [-0.39, 0.29) is 21.3 Å². The Morgan fingerprint density at radius 3 is 2.00 bits per heavy atom. The molecule has 4 rings (SSSR count). The molecule has 168 valence electrons. The molecule has 1 N–H and O–H groups in total. The summed E-state index contributed by atoms with van der Waals surface area (Å²) in [6.45, 7) is 1.89. The van der Waals surface area contributed by atoms with Gasteiger partial charge in [-0.2, -0.15) is 0 Å². The molecule has 9 heteroatoms. The van der Waals surface area contributed by atoms with Crippen molar-refractivity contribution in [3.05, 3.63) is 48.5 Å². The smallest absolute Gasteiger partial charge is 0.457 e. The molecule has 1 aliphatic carbocycles. The molecule has 0 bridgehead atoms. The van der Waals surface area contributed by atoms with Crippen molar-refractivity contribution in [3.8, 4) is 17.2 Å². The van der Waals surface area contributed by atoms with E-state index in [9.17, 15) is 21.6 Å². The van der Waals surface area contributed by atoms with E-state index in [1.165, 1.54) is 24.3 Å². The van der Waals surface area contributed by atoms with E-state index in [1.54, 1.807) is 12.1 Å². The molecule has 1 unspecified atom stereocenters. The topological polar surface area (TPSA) is 64.6 Å². The summed E-state index contributed by atoms with van der Waals surface area (Å²) in [6, 6.07) is 11.2. The van der Waals surface area contributed by atoms with Crippen LogP contribution in [0.3, 0.4) is 0 Å². The molecule has 5 nitrogen and oxygen atoms in total. The van der Waals surface area contributed by atoms with Gasteiger partial charge in [0.05, 0.1) is 10.1 Å². The molecule has 1 aliphatic heterocycles. The number of rotatable bonds is 5. The minimum Gasteiger partial charge on any atom is -0.457 e. The largest absolute Gasteiger partial charge is 0.573 e. The number of ether oxygens (including phenoxy) is 2. The number of sulfone groups is 1. The second kappa shape index (κ2) is 8.35. The van der Waals surface area contributed by atoms with E-state index in [0.717, 1.165) is 44.5 Å². The van der Waals surface area contributed by atoms with E-state index in [0.29, 0.717) is 24.3 Å². The Morgan fingerprint density at radius 1 is 0.871 bits per heavy atom. The lowest BCUT2D eigenvalue weighted by Gasteiger charge is -2.34. The molecular formula is C22H24F3NO4S. The molecule has 0 radical (unpaired) electrons. The average Bonchev–Trinajstić information content (AvgIpc) is 3.13. The number of nitrogens with one attached hydrogen (secondary N) is 1. The zero-order valence-corrected chi connectivity index (χ0v) is 17.6. The summed E-state index contributed by atoms with van der Waals surface area (Å²) in [5, 5.41) is 2.98. The molecule has 2 fully saturated rings. The van der Waals surface area contributed by atoms with Crippen molar-refractivity contribution in [3.63, 3.8) is 0 Å². The van der Waals surface area contributed by atoms with Gasteiger partial charge in [0.2, 0.25) is 0 Å². The highest BCUT2D eigenvalue weighted by Crippen LogP contribution is 2.48. The predicted octanol–water partition coefficient (Wildman–Crippen LogP) is 5.07. The first kappa shape index (κ1) is 22.0. The number of benzene rings is 2. The van der Waals surface area contributed by atoms with Crippen molar-refractivity contribution in [2.75, 3.05) is 13.1 Å². The van der Waals surface area contributed by atoms with Gasteiger partial charge in [0, 0.05) is 0 Å². The van der Waals surface area contributed by atoms with E-state index in [1.807, 2.05) is 0 Å². The number of hydrogen-bond acceptors (Lipinski definition) is 5. The Balaban J connectivity index is 1.41. The SMILES string of the molecule is O=S(=O)(c1ccc(Oc2ccc(OC(F)(F)F)cc2)cc1)C1CCC2(CCNCC2)C1. The van der Waals surface area contributed by atoms with Gasteiger partial charge in [0.15, 0.2) is 9.84 Å². The van der Waals surface area contributed by atoms with Crippen molar-refractivity contribution in [1.29, 1.82) is 0 Å². The van der Waals surface area contributed by atoms with Crippen LogP contribution in [0.5, 0.6) is 17.2 Å². The molecule has 0 aromatic heterocycles. The molecular weight excluding hydrogens is 431 g/mol. The number of hydrogen-bond donors (Lipinski definition) is 1. The van der Waals surface area contributed by atoms with Crippen LogP contribution in [0.25, 0.3) is 0 Å². The summed E-state index contributed by atoms with van der Waals surface area (Å²) in [4.78, 5) is 0.268. The lowest BCUT2D eigenvalue weighted by molar-refractivity contribution is -0.274. The number of piperidine rings is 1. The van der Waals surface area contributed by atoms with Gasteiger partial charge in [0.25, 0.3) is 0 Å². The highest BCUT2D eigenvalue weighted by molar-refractivity contribution is 7.92. The van der Waals surface area contributed by atoms with E-state index >= 15 is 0 Å². The van der Waals surface area contributed by atoms with Gasteiger partial charge in [-0.25, -0.2) is 8.42 Å². The molecule has 2 aromatic rings. The molecule has 1 spiro atoms. The van der Waals surface area contributed by atoms with E-state index in [2.05, 4.69) is 10.1 Å². The standard InChI is InChI=1S/C22H24F3NO4S/c23-22(24,25)30-18-3-1-16(2-4-18)29-17-5-7-19(8-6-17)31(27,28)20-9-10-21(15-20)11-13-26-14-12-21/h1-8,20,26H,9-15H2. The molecule has 0 amide bonds. The summed E-state index contributed by atoms with van der Waals surface area (Å²) < 4.78 is 72.4. The fourth-order valence-electron chi connectivity index (χ4n) is 4.57. The van der Waals surface area contributed by atoms with Gasteiger partial charge in [-0.15, -0.1) is 13.2 Å². The second-order valence-corrected chi connectivity index (χ2v) is 10.5. The Hall–Kier alpha value is -2.26. The molecule has 2 aromatic carbocycles. The molecule has 1 saturated carbocycles. The molecule has 2 aliphatic rings. The van der Waals surface area contributed by atoms with Crippen molar-refractivity contribution >= 4 is 9.84 Å². The minimum atomic E-state index is -4.75. The minimum absolute atomic E-state index is 0.147. The summed E-state index contributed by atoms with van der Waals surface area (Å²) in [7, 11) is -3.43. The maximum absolute atomic E-state index is 13.1. The third kappa shape index (κ3) is 5.15. The summed E-state index contributed by atoms with van der Waals surface area (Å²) >= 11 is 0. The second-order valence-electron chi connectivity index (χ2n) is 8.25. The van der Waals surface area contributed by atoms with Gasteiger partial charge in [-0.1, -0.05) is 0 Å². The lowest BCUT2D eigenvalue weighted by atomic mass is 9.78. The van der Waals surface area contributed by atoms with Gasteiger partial charge in [0.1, 0.15) is 17.2 Å². The van der Waals surface area contributed by atoms with Crippen molar-refractivity contribution in [2.24, 2.45) is 5.41 Å². The van der Waals surface area contributed by atoms with Crippen LogP contribution in [-0.4, -0.2) is 33.1 Å². The Morgan fingerprint density at radius 2 is 1.42 bits per heavy atom. The van der Waals surface area contributed by atoms with Crippen molar-refractivity contribution < 1.29 is 31.1 Å². The van der Waals surface area contributed by atoms with Crippen molar-refractivity contribution in [1.82, 2.24) is 5.32 Å². The van der Waals surface area contributed by atoms with Gasteiger partial charge in [-0.05, 0) is 99.1 Å². The quantitative estimate of drug-likeness (QED) is 0.682. The van der Waals surface area contributed by atoms with Crippen LogP contribution in [0.2, 0.25) is 0 Å². The molecule has 1 saturated heterocycles. The summed E-state index contributed by atoms with van der Waals surface area (Å²) in [5.74, 6) is 0.364. The maximum Gasteiger partial charge on any atom is 0.573 e. The van der Waals surface area contributed by atoms with E-state index < -0.39 is 16.2 Å². The van der Waals surface area contributed by atoms with Crippen LogP contribution in [-0.2, 0) is 9.84 Å². The van der Waals surface area contributed by atoms with Crippen molar-refractivity contribution in [2.45, 2.75) is 48.6 Å². The first-order chi connectivity index (χ1) is 14.7. The third-order valence-electron chi connectivity index (χ3n) is 6.21. The Bertz CT molecular complexity index is 999. The average molecular weight is 455 g/mol. The van der Waals surface area contributed by atoms with Gasteiger partial charge < -0.3 is 14.8 Å². The maximum atomic E-state index is 13.1. The van der Waals surface area contributed by atoms with Gasteiger partial charge >= 0.3 is 6.36 Å². The normalized spacial score (nSPS) is 21.2. The van der Waals surface area contributed by atoms with Crippen LogP contribution in [0.1, 0.15) is 32.1 Å². The molecule has 1 heterocycles. The first-order valence-corrected chi connectivity index (χ1v) is 11.8. The highest BCUT2D eigenvalue weighted by Gasteiger charge is 2.44. The van der Waals surface area contributed by atoms with Crippen LogP contribution in [0.15, 0.2) is 53.4 Å². The number of halogens is 3. The highest BCUT2D eigenvalue weighted by atomic mass is 32.2. The monoisotopic (exact) mass is 455 g/mol. The summed E-state index contributed by atoms with van der Waals surface area (Å²) in [6.07, 6.45) is -0.351. The fourth-order valence-corrected chi connectivity index (χ4v) is 6.47. The fraction of sp³-hybridized carbons (Fsp3) is 0.455. The number of alkyl halides is 3. The van der Waals surface area contributed by atoms with Crippen LogP contribution < -0.4 is 14.8 Å². The first-order valence-electron chi connectivity index (χ1n) is 10.2. The zero-order valence-electron chi connectivity index (χ0n) is 16.8. The predicted molar refractivity (Wildman–Crippen MR) is 109 cm³/mol. The Labute approximate surface area is 179 Å². The Kier molecular flexibility index (Phi) is 5.91. The van der Waals surface area contributed by atoms with Crippen LogP contribution in [0.4, 0.5) is 13.2 Å².